The molecule has 0 aliphatic rings. The molecule has 7 heteroatoms. The van der Waals surface area contributed by atoms with Gasteiger partial charge < -0.3 is 10.2 Å². The molecule has 0 atom stereocenters. The van der Waals surface area contributed by atoms with E-state index in [0.717, 1.165) is 10.7 Å². The van der Waals surface area contributed by atoms with E-state index in [-0.39, 0.29) is 5.91 Å². The highest BCUT2D eigenvalue weighted by molar-refractivity contribution is 7.09. The summed E-state index contributed by atoms with van der Waals surface area (Å²) in [6, 6.07) is 0. The van der Waals surface area contributed by atoms with Crippen LogP contribution in [0.2, 0.25) is 0 Å². The fraction of sp³-hybridized carbons (Fsp3) is 0.333. The Morgan fingerprint density at radius 1 is 1.42 bits per heavy atom. The first-order chi connectivity index (χ1) is 9.10. The molecule has 2 aromatic rings. The maximum atomic E-state index is 12.2. The normalized spacial score (nSPS) is 10.3. The number of amides is 1. The smallest absolute Gasteiger partial charge is 0.274 e. The Balaban J connectivity index is 2.09. The standard InChI is InChI=1S/C12H15N5OS/c1-8-15-9(7-19-8)6-17(3)12(18)10-4-14-5-11(13-2)16-10/h4-5,7H,6H2,1-3H3,(H,13,16). The van der Waals surface area contributed by atoms with Crippen LogP contribution in [0.25, 0.3) is 0 Å². The quantitative estimate of drug-likeness (QED) is 0.918. The Labute approximate surface area is 115 Å². The van der Waals surface area contributed by atoms with Crippen molar-refractivity contribution < 1.29 is 4.79 Å². The molecule has 0 saturated carbocycles. The maximum Gasteiger partial charge on any atom is 0.274 e. The molecule has 0 aliphatic carbocycles. The lowest BCUT2D eigenvalue weighted by Gasteiger charge is -2.15. The Hall–Kier alpha value is -2.02. The molecule has 1 amide bonds. The van der Waals surface area contributed by atoms with E-state index in [9.17, 15) is 4.79 Å². The van der Waals surface area contributed by atoms with E-state index in [2.05, 4.69) is 20.3 Å². The number of hydrogen-bond donors (Lipinski definition) is 1. The molecule has 2 rings (SSSR count). The first kappa shape index (κ1) is 13.4. The van der Waals surface area contributed by atoms with Crippen molar-refractivity contribution >= 4 is 23.1 Å². The SMILES string of the molecule is CNc1cncc(C(=O)N(C)Cc2csc(C)n2)n1. The summed E-state index contributed by atoms with van der Waals surface area (Å²) in [5, 5.41) is 5.81. The number of nitrogens with one attached hydrogen (secondary N) is 1. The Kier molecular flexibility index (Phi) is 4.06. The summed E-state index contributed by atoms with van der Waals surface area (Å²) in [5.41, 5.74) is 1.21. The van der Waals surface area contributed by atoms with E-state index in [1.807, 2.05) is 12.3 Å². The average Bonchev–Trinajstić information content (AvgIpc) is 2.83. The van der Waals surface area contributed by atoms with Crippen molar-refractivity contribution in [2.45, 2.75) is 13.5 Å². The molecular weight excluding hydrogens is 262 g/mol. The van der Waals surface area contributed by atoms with Crippen molar-refractivity contribution in [2.24, 2.45) is 0 Å². The first-order valence-corrected chi connectivity index (χ1v) is 6.64. The van der Waals surface area contributed by atoms with Gasteiger partial charge in [-0.05, 0) is 6.92 Å². The van der Waals surface area contributed by atoms with Gasteiger partial charge in [-0.3, -0.25) is 9.78 Å². The minimum absolute atomic E-state index is 0.171. The second-order valence-corrected chi connectivity index (χ2v) is 5.12. The van der Waals surface area contributed by atoms with Crippen molar-refractivity contribution in [1.82, 2.24) is 19.9 Å². The van der Waals surface area contributed by atoms with Gasteiger partial charge in [0, 0.05) is 19.5 Å². The fourth-order valence-corrected chi connectivity index (χ4v) is 2.18. The molecule has 6 nitrogen and oxygen atoms in total. The molecule has 0 saturated heterocycles. The van der Waals surface area contributed by atoms with Crippen LogP contribution in [0.4, 0.5) is 5.82 Å². The third-order valence-electron chi connectivity index (χ3n) is 2.52. The van der Waals surface area contributed by atoms with Crippen LogP contribution in [-0.2, 0) is 6.54 Å². The summed E-state index contributed by atoms with van der Waals surface area (Å²) in [6.45, 7) is 2.41. The fourth-order valence-electron chi connectivity index (χ4n) is 1.58. The number of rotatable bonds is 4. The number of hydrogen-bond acceptors (Lipinski definition) is 6. The Morgan fingerprint density at radius 3 is 2.84 bits per heavy atom. The van der Waals surface area contributed by atoms with E-state index in [1.54, 1.807) is 36.5 Å². The third kappa shape index (κ3) is 3.25. The van der Waals surface area contributed by atoms with Gasteiger partial charge in [0.25, 0.3) is 5.91 Å². The summed E-state index contributed by atoms with van der Waals surface area (Å²) in [7, 11) is 3.46. The number of anilines is 1. The molecule has 19 heavy (non-hydrogen) atoms. The zero-order valence-corrected chi connectivity index (χ0v) is 11.9. The van der Waals surface area contributed by atoms with Crippen LogP contribution >= 0.6 is 11.3 Å². The summed E-state index contributed by atoms with van der Waals surface area (Å²) >= 11 is 1.57. The van der Waals surface area contributed by atoms with Gasteiger partial charge in [0.15, 0.2) is 0 Å². The van der Waals surface area contributed by atoms with Gasteiger partial charge in [-0.25, -0.2) is 9.97 Å². The average molecular weight is 277 g/mol. The van der Waals surface area contributed by atoms with Gasteiger partial charge in [-0.1, -0.05) is 0 Å². The number of nitrogens with zero attached hydrogens (tertiary/aromatic N) is 4. The molecule has 0 unspecified atom stereocenters. The zero-order chi connectivity index (χ0) is 13.8. The van der Waals surface area contributed by atoms with E-state index in [4.69, 9.17) is 0 Å². The second kappa shape index (κ2) is 5.75. The molecule has 0 aromatic carbocycles. The van der Waals surface area contributed by atoms with Crippen molar-refractivity contribution in [3.05, 3.63) is 34.2 Å². The van der Waals surface area contributed by atoms with Gasteiger partial charge in [0.05, 0.1) is 29.6 Å². The molecule has 0 bridgehead atoms. The van der Waals surface area contributed by atoms with Crippen molar-refractivity contribution in [3.63, 3.8) is 0 Å². The Bertz CT molecular complexity index is 583. The van der Waals surface area contributed by atoms with Crippen LogP contribution in [0.5, 0.6) is 0 Å². The first-order valence-electron chi connectivity index (χ1n) is 5.76. The highest BCUT2D eigenvalue weighted by atomic mass is 32.1. The maximum absolute atomic E-state index is 12.2. The van der Waals surface area contributed by atoms with Crippen molar-refractivity contribution in [2.75, 3.05) is 19.4 Å². The summed E-state index contributed by atoms with van der Waals surface area (Å²) in [4.78, 5) is 26.3. The molecule has 2 heterocycles. The lowest BCUT2D eigenvalue weighted by Crippen LogP contribution is -2.27. The van der Waals surface area contributed by atoms with Gasteiger partial charge in [-0.15, -0.1) is 11.3 Å². The molecule has 0 fully saturated rings. The van der Waals surface area contributed by atoms with Gasteiger partial charge in [0.2, 0.25) is 0 Å². The predicted octanol–water partition coefficient (Wildman–Crippen LogP) is 1.56. The topological polar surface area (TPSA) is 71.0 Å². The molecule has 100 valence electrons. The van der Waals surface area contributed by atoms with E-state index in [0.29, 0.717) is 18.1 Å². The van der Waals surface area contributed by atoms with Crippen LogP contribution in [0.1, 0.15) is 21.2 Å². The van der Waals surface area contributed by atoms with Gasteiger partial charge in [-0.2, -0.15) is 0 Å². The van der Waals surface area contributed by atoms with Crippen LogP contribution in [0.3, 0.4) is 0 Å². The number of carbonyl (C=O) groups excluding carboxylic acids is 1. The van der Waals surface area contributed by atoms with E-state index >= 15 is 0 Å². The number of aryl methyl sites for hydroxylation is 1. The summed E-state index contributed by atoms with van der Waals surface area (Å²) in [6.07, 6.45) is 3.03. The minimum atomic E-state index is -0.171. The minimum Gasteiger partial charge on any atom is -0.372 e. The van der Waals surface area contributed by atoms with Crippen LogP contribution in [0, 0.1) is 6.92 Å². The zero-order valence-electron chi connectivity index (χ0n) is 11.0. The number of thiazole rings is 1. The third-order valence-corrected chi connectivity index (χ3v) is 3.34. The van der Waals surface area contributed by atoms with E-state index in [1.165, 1.54) is 6.20 Å². The Morgan fingerprint density at radius 2 is 2.21 bits per heavy atom. The van der Waals surface area contributed by atoms with Crippen LogP contribution in [-0.4, -0.2) is 39.9 Å². The number of aromatic nitrogens is 3. The van der Waals surface area contributed by atoms with Gasteiger partial charge in [0.1, 0.15) is 11.5 Å². The van der Waals surface area contributed by atoms with Gasteiger partial charge >= 0.3 is 0 Å². The molecule has 0 spiro atoms. The van der Waals surface area contributed by atoms with Crippen LogP contribution < -0.4 is 5.32 Å². The monoisotopic (exact) mass is 277 g/mol. The van der Waals surface area contributed by atoms with Crippen molar-refractivity contribution in [1.29, 1.82) is 0 Å². The molecule has 2 aromatic heterocycles. The molecule has 0 aliphatic heterocycles. The van der Waals surface area contributed by atoms with Crippen LogP contribution in [0.15, 0.2) is 17.8 Å². The number of carbonyl (C=O) groups is 1. The molecule has 1 N–H and O–H groups in total. The lowest BCUT2D eigenvalue weighted by molar-refractivity contribution is 0.0777. The largest absolute Gasteiger partial charge is 0.372 e. The predicted molar refractivity (Wildman–Crippen MR) is 74.2 cm³/mol. The lowest BCUT2D eigenvalue weighted by atomic mass is 10.3. The highest BCUT2D eigenvalue weighted by Crippen LogP contribution is 2.11. The second-order valence-electron chi connectivity index (χ2n) is 4.06. The molecular formula is C12H15N5OS. The van der Waals surface area contributed by atoms with Crippen molar-refractivity contribution in [3.8, 4) is 0 Å². The summed E-state index contributed by atoms with van der Waals surface area (Å²) in [5.74, 6) is 0.402. The van der Waals surface area contributed by atoms with E-state index < -0.39 is 0 Å². The molecule has 0 radical (unpaired) electrons. The summed E-state index contributed by atoms with van der Waals surface area (Å²) < 4.78 is 0. The highest BCUT2D eigenvalue weighted by Gasteiger charge is 2.15.